The topological polar surface area (TPSA) is 64.5 Å². The zero-order valence-corrected chi connectivity index (χ0v) is 14.4. The molecule has 1 aromatic heterocycles. The number of hydrogen-bond donors (Lipinski definition) is 0. The molecule has 0 spiro atoms. The van der Waals surface area contributed by atoms with E-state index in [-0.39, 0.29) is 24.4 Å². The van der Waals surface area contributed by atoms with Crippen molar-refractivity contribution in [2.24, 2.45) is 0 Å². The van der Waals surface area contributed by atoms with E-state index in [0.717, 1.165) is 25.0 Å². The normalized spacial score (nSPS) is 17.4. The lowest BCUT2D eigenvalue weighted by molar-refractivity contribution is -0.137. The first-order chi connectivity index (χ1) is 12.9. The molecule has 9 heteroatoms. The zero-order valence-electron chi connectivity index (χ0n) is 14.4. The fourth-order valence-electron chi connectivity index (χ4n) is 2.78. The van der Waals surface area contributed by atoms with Crippen LogP contribution in [0.3, 0.4) is 0 Å². The highest BCUT2D eigenvalue weighted by Crippen LogP contribution is 2.31. The van der Waals surface area contributed by atoms with Gasteiger partial charge in [-0.25, -0.2) is 9.97 Å². The van der Waals surface area contributed by atoms with Crippen molar-refractivity contribution in [2.75, 3.05) is 19.7 Å². The van der Waals surface area contributed by atoms with Gasteiger partial charge in [-0.15, -0.1) is 0 Å². The largest absolute Gasteiger partial charge is 0.484 e. The number of aromatic nitrogens is 2. The van der Waals surface area contributed by atoms with Gasteiger partial charge in [0.2, 0.25) is 5.88 Å². The molecule has 2 aromatic rings. The first kappa shape index (κ1) is 18.9. The second kappa shape index (κ2) is 8.24. The van der Waals surface area contributed by atoms with Crippen molar-refractivity contribution in [3.63, 3.8) is 0 Å². The first-order valence-electron chi connectivity index (χ1n) is 8.42. The van der Waals surface area contributed by atoms with E-state index in [4.69, 9.17) is 9.47 Å². The molecular weight excluding hydrogens is 363 g/mol. The van der Waals surface area contributed by atoms with Gasteiger partial charge >= 0.3 is 6.18 Å². The molecule has 1 aliphatic rings. The smallest absolute Gasteiger partial charge is 0.416 e. The third-order valence-electron chi connectivity index (χ3n) is 4.10. The Hall–Kier alpha value is -2.84. The SMILES string of the molecule is O=C(COc1cccc(C(F)(F)F)c1)N1CCCC(Oc2ccncn2)C1. The number of amides is 1. The lowest BCUT2D eigenvalue weighted by Gasteiger charge is -2.32. The molecule has 1 saturated heterocycles. The molecule has 0 radical (unpaired) electrons. The van der Waals surface area contributed by atoms with E-state index < -0.39 is 11.7 Å². The van der Waals surface area contributed by atoms with Crippen molar-refractivity contribution in [3.05, 3.63) is 48.4 Å². The summed E-state index contributed by atoms with van der Waals surface area (Å²) in [4.78, 5) is 21.7. The van der Waals surface area contributed by atoms with Crippen LogP contribution in [0.2, 0.25) is 0 Å². The van der Waals surface area contributed by atoms with Crippen LogP contribution in [-0.4, -0.2) is 46.6 Å². The van der Waals surface area contributed by atoms with Crippen molar-refractivity contribution < 1.29 is 27.4 Å². The van der Waals surface area contributed by atoms with Gasteiger partial charge in [-0.1, -0.05) is 6.07 Å². The van der Waals surface area contributed by atoms with E-state index >= 15 is 0 Å². The Morgan fingerprint density at radius 1 is 1.30 bits per heavy atom. The van der Waals surface area contributed by atoms with Crippen molar-refractivity contribution in [2.45, 2.75) is 25.1 Å². The van der Waals surface area contributed by atoms with Crippen LogP contribution in [0, 0.1) is 0 Å². The Bertz CT molecular complexity index is 771. The molecule has 1 unspecified atom stereocenters. The molecule has 0 bridgehead atoms. The van der Waals surface area contributed by atoms with E-state index in [0.29, 0.717) is 19.0 Å². The Morgan fingerprint density at radius 3 is 2.89 bits per heavy atom. The van der Waals surface area contributed by atoms with Gasteiger partial charge in [0.1, 0.15) is 18.2 Å². The van der Waals surface area contributed by atoms with Gasteiger partial charge in [-0.05, 0) is 31.0 Å². The summed E-state index contributed by atoms with van der Waals surface area (Å²) >= 11 is 0. The molecule has 1 atom stereocenters. The summed E-state index contributed by atoms with van der Waals surface area (Å²) in [6, 6.07) is 6.10. The quantitative estimate of drug-likeness (QED) is 0.797. The first-order valence-corrected chi connectivity index (χ1v) is 8.42. The van der Waals surface area contributed by atoms with Crippen LogP contribution in [0.25, 0.3) is 0 Å². The molecule has 144 valence electrons. The number of hydrogen-bond acceptors (Lipinski definition) is 5. The molecule has 27 heavy (non-hydrogen) atoms. The number of piperidine rings is 1. The van der Waals surface area contributed by atoms with Crippen LogP contribution in [0.1, 0.15) is 18.4 Å². The molecule has 0 aliphatic carbocycles. The number of benzene rings is 1. The molecule has 0 N–H and O–H groups in total. The molecule has 2 heterocycles. The van der Waals surface area contributed by atoms with Crippen LogP contribution in [0.15, 0.2) is 42.9 Å². The Morgan fingerprint density at radius 2 is 2.15 bits per heavy atom. The molecule has 1 aliphatic heterocycles. The average Bonchev–Trinajstić information content (AvgIpc) is 2.67. The van der Waals surface area contributed by atoms with Gasteiger partial charge < -0.3 is 14.4 Å². The van der Waals surface area contributed by atoms with Gasteiger partial charge in [0.25, 0.3) is 5.91 Å². The van der Waals surface area contributed by atoms with Crippen LogP contribution < -0.4 is 9.47 Å². The second-order valence-electron chi connectivity index (χ2n) is 6.08. The maximum atomic E-state index is 12.7. The number of ether oxygens (including phenoxy) is 2. The summed E-state index contributed by atoms with van der Waals surface area (Å²) in [5.41, 5.74) is -0.816. The maximum absolute atomic E-state index is 12.7. The fraction of sp³-hybridized carbons (Fsp3) is 0.389. The van der Waals surface area contributed by atoms with Gasteiger partial charge in [0, 0.05) is 18.8 Å². The highest BCUT2D eigenvalue weighted by atomic mass is 19.4. The molecule has 1 aromatic carbocycles. The zero-order chi connectivity index (χ0) is 19.3. The van der Waals surface area contributed by atoms with Crippen LogP contribution in [0.5, 0.6) is 11.6 Å². The van der Waals surface area contributed by atoms with E-state index in [1.807, 2.05) is 0 Å². The number of rotatable bonds is 5. The Kier molecular flexibility index (Phi) is 5.78. The van der Waals surface area contributed by atoms with Crippen LogP contribution >= 0.6 is 0 Å². The lowest BCUT2D eigenvalue weighted by Crippen LogP contribution is -2.46. The van der Waals surface area contributed by atoms with E-state index in [2.05, 4.69) is 9.97 Å². The summed E-state index contributed by atoms with van der Waals surface area (Å²) in [6.07, 6.45) is -0.179. The molecular formula is C18H18F3N3O3. The predicted molar refractivity (Wildman–Crippen MR) is 89.2 cm³/mol. The summed E-state index contributed by atoms with van der Waals surface area (Å²) in [6.45, 7) is 0.588. The predicted octanol–water partition coefficient (Wildman–Crippen LogP) is 2.94. The Balaban J connectivity index is 1.53. The maximum Gasteiger partial charge on any atom is 0.416 e. The third kappa shape index (κ3) is 5.32. The van der Waals surface area contributed by atoms with Crippen LogP contribution in [0.4, 0.5) is 13.2 Å². The van der Waals surface area contributed by atoms with Crippen molar-refractivity contribution in [1.82, 2.24) is 14.9 Å². The Labute approximate surface area is 153 Å². The van der Waals surface area contributed by atoms with Gasteiger partial charge in [-0.2, -0.15) is 13.2 Å². The molecule has 0 saturated carbocycles. The van der Waals surface area contributed by atoms with Gasteiger partial charge in [-0.3, -0.25) is 4.79 Å². The van der Waals surface area contributed by atoms with E-state index in [1.54, 1.807) is 17.2 Å². The minimum absolute atomic E-state index is 0.00368. The minimum Gasteiger partial charge on any atom is -0.484 e. The third-order valence-corrected chi connectivity index (χ3v) is 4.10. The van der Waals surface area contributed by atoms with E-state index in [1.165, 1.54) is 18.5 Å². The number of carbonyl (C=O) groups excluding carboxylic acids is 1. The summed E-state index contributed by atoms with van der Waals surface area (Å²) in [5.74, 6) is 0.136. The van der Waals surface area contributed by atoms with Gasteiger partial charge in [0.15, 0.2) is 6.61 Å². The number of likely N-dealkylation sites (tertiary alicyclic amines) is 1. The van der Waals surface area contributed by atoms with Crippen molar-refractivity contribution >= 4 is 5.91 Å². The standard InChI is InChI=1S/C18H18F3N3O3/c19-18(20,21)13-3-1-4-14(9-13)26-11-17(25)24-8-2-5-15(10-24)27-16-6-7-22-12-23-16/h1,3-4,6-7,9,12,15H,2,5,8,10-11H2. The van der Waals surface area contributed by atoms with Crippen LogP contribution in [-0.2, 0) is 11.0 Å². The summed E-state index contributed by atoms with van der Waals surface area (Å²) in [7, 11) is 0. The monoisotopic (exact) mass is 381 g/mol. The van der Waals surface area contributed by atoms with Crippen molar-refractivity contribution in [1.29, 1.82) is 0 Å². The number of nitrogens with zero attached hydrogens (tertiary/aromatic N) is 3. The number of halogens is 3. The second-order valence-corrected chi connectivity index (χ2v) is 6.08. The molecule has 1 amide bonds. The number of carbonyl (C=O) groups is 1. The average molecular weight is 381 g/mol. The highest BCUT2D eigenvalue weighted by molar-refractivity contribution is 5.77. The van der Waals surface area contributed by atoms with Gasteiger partial charge in [0.05, 0.1) is 12.1 Å². The molecule has 6 nitrogen and oxygen atoms in total. The summed E-state index contributed by atoms with van der Waals surface area (Å²) in [5, 5.41) is 0. The highest BCUT2D eigenvalue weighted by Gasteiger charge is 2.31. The van der Waals surface area contributed by atoms with E-state index in [9.17, 15) is 18.0 Å². The van der Waals surface area contributed by atoms with Crippen molar-refractivity contribution in [3.8, 4) is 11.6 Å². The molecule has 3 rings (SSSR count). The lowest BCUT2D eigenvalue weighted by atomic mass is 10.1. The number of alkyl halides is 3. The minimum atomic E-state index is -4.46. The fourth-order valence-corrected chi connectivity index (χ4v) is 2.78. The molecule has 1 fully saturated rings. The summed E-state index contributed by atoms with van der Waals surface area (Å²) < 4.78 is 49.2.